The molecule has 0 spiro atoms. The second-order valence-electron chi connectivity index (χ2n) is 3.59. The molecule has 1 aromatic heterocycles. The third-order valence-electron chi connectivity index (χ3n) is 2.06. The van der Waals surface area contributed by atoms with Gasteiger partial charge in [0.1, 0.15) is 19.0 Å². The highest BCUT2D eigenvalue weighted by atomic mass is 19.3. The molecule has 4 nitrogen and oxygen atoms in total. The van der Waals surface area contributed by atoms with Crippen molar-refractivity contribution in [2.45, 2.75) is 32.3 Å². The lowest BCUT2D eigenvalue weighted by Crippen LogP contribution is -2.32. The fourth-order valence-electron chi connectivity index (χ4n) is 1.16. The summed E-state index contributed by atoms with van der Waals surface area (Å²) in [6.45, 7) is -0.118. The molecule has 102 valence electrons. The zero-order chi connectivity index (χ0) is 13.8. The maximum atomic E-state index is 12.5. The number of aromatic amines is 1. The highest BCUT2D eigenvalue weighted by Crippen LogP contribution is 2.23. The number of H-pyrrole nitrogens is 1. The van der Waals surface area contributed by atoms with Crippen molar-refractivity contribution in [1.82, 2.24) is 9.97 Å². The van der Waals surface area contributed by atoms with E-state index in [0.717, 1.165) is 0 Å². The summed E-state index contributed by atoms with van der Waals surface area (Å²) in [5, 5.41) is 0. The monoisotopic (exact) mass is 268 g/mol. The van der Waals surface area contributed by atoms with Crippen molar-refractivity contribution in [3.05, 3.63) is 27.9 Å². The minimum absolute atomic E-state index is 0.0319. The van der Waals surface area contributed by atoms with Gasteiger partial charge in [0.2, 0.25) is 0 Å². The minimum atomic E-state index is -4.21. The molecule has 8 heteroatoms. The molecule has 0 saturated carbocycles. The molecule has 0 unspecified atom stereocenters. The quantitative estimate of drug-likeness (QED) is 0.800. The van der Waals surface area contributed by atoms with Gasteiger partial charge in [-0.15, -0.1) is 0 Å². The molecule has 0 aromatic carbocycles. The predicted octanol–water partition coefficient (Wildman–Crippen LogP) is 1.75. The summed E-state index contributed by atoms with van der Waals surface area (Å²) >= 11 is 0. The molecular formula is C10H12F4N2O2. The summed E-state index contributed by atoms with van der Waals surface area (Å²) < 4.78 is 53.1. The van der Waals surface area contributed by atoms with E-state index in [-0.39, 0.29) is 5.82 Å². The van der Waals surface area contributed by atoms with Gasteiger partial charge in [-0.25, -0.2) is 13.8 Å². The fraction of sp³-hybridized carbons (Fsp3) is 0.600. The summed E-state index contributed by atoms with van der Waals surface area (Å²) in [5.74, 6) is -4.17. The van der Waals surface area contributed by atoms with E-state index in [2.05, 4.69) is 14.7 Å². The van der Waals surface area contributed by atoms with Crippen molar-refractivity contribution in [2.24, 2.45) is 0 Å². The molecule has 0 fully saturated rings. The van der Waals surface area contributed by atoms with Crippen molar-refractivity contribution < 1.29 is 22.3 Å². The normalized spacial score (nSPS) is 12.1. The SMILES string of the molecule is CCc1cc(=O)[nH]c(COCC(F)(F)C(F)F)n1. The average Bonchev–Trinajstić information content (AvgIpc) is 2.27. The Morgan fingerprint density at radius 3 is 2.72 bits per heavy atom. The number of halogens is 4. The maximum Gasteiger partial charge on any atom is 0.330 e. The van der Waals surface area contributed by atoms with Gasteiger partial charge in [0, 0.05) is 11.8 Å². The van der Waals surface area contributed by atoms with E-state index >= 15 is 0 Å². The molecule has 0 saturated heterocycles. The van der Waals surface area contributed by atoms with Crippen LogP contribution in [0.2, 0.25) is 0 Å². The van der Waals surface area contributed by atoms with Crippen LogP contribution in [0.4, 0.5) is 17.6 Å². The second-order valence-corrected chi connectivity index (χ2v) is 3.59. The molecule has 0 aliphatic carbocycles. The molecule has 1 N–H and O–H groups in total. The van der Waals surface area contributed by atoms with E-state index in [1.807, 2.05) is 0 Å². The molecule has 0 bridgehead atoms. The van der Waals surface area contributed by atoms with E-state index in [9.17, 15) is 22.4 Å². The number of aromatic nitrogens is 2. The van der Waals surface area contributed by atoms with Crippen LogP contribution >= 0.6 is 0 Å². The first kappa shape index (κ1) is 14.6. The van der Waals surface area contributed by atoms with Crippen LogP contribution in [-0.4, -0.2) is 28.9 Å². The van der Waals surface area contributed by atoms with Gasteiger partial charge in [-0.3, -0.25) is 4.79 Å². The molecule has 1 aromatic rings. The maximum absolute atomic E-state index is 12.5. The number of hydrogen-bond acceptors (Lipinski definition) is 3. The van der Waals surface area contributed by atoms with Crippen LogP contribution in [0.3, 0.4) is 0 Å². The van der Waals surface area contributed by atoms with Gasteiger partial charge < -0.3 is 9.72 Å². The molecule has 18 heavy (non-hydrogen) atoms. The van der Waals surface area contributed by atoms with E-state index in [1.165, 1.54) is 6.07 Å². The highest BCUT2D eigenvalue weighted by molar-refractivity contribution is 5.01. The largest absolute Gasteiger partial charge is 0.367 e. The lowest BCUT2D eigenvalue weighted by Gasteiger charge is -2.14. The van der Waals surface area contributed by atoms with Crippen molar-refractivity contribution in [2.75, 3.05) is 6.61 Å². The smallest absolute Gasteiger partial charge is 0.330 e. The average molecular weight is 268 g/mol. The number of rotatable bonds is 6. The summed E-state index contributed by atoms with van der Waals surface area (Å²) in [7, 11) is 0. The van der Waals surface area contributed by atoms with E-state index in [1.54, 1.807) is 6.92 Å². The lowest BCUT2D eigenvalue weighted by atomic mass is 10.3. The van der Waals surface area contributed by atoms with Crippen LogP contribution in [0.15, 0.2) is 10.9 Å². The highest BCUT2D eigenvalue weighted by Gasteiger charge is 2.40. The Balaban J connectivity index is 2.59. The number of nitrogens with zero attached hydrogens (tertiary/aromatic N) is 1. The Hall–Kier alpha value is -1.44. The first-order chi connectivity index (χ1) is 8.35. The molecule has 0 radical (unpaired) electrons. The Morgan fingerprint density at radius 1 is 1.50 bits per heavy atom. The first-order valence-corrected chi connectivity index (χ1v) is 5.18. The summed E-state index contributed by atoms with van der Waals surface area (Å²) in [5.41, 5.74) is 0.0269. The number of nitrogens with one attached hydrogen (secondary N) is 1. The van der Waals surface area contributed by atoms with Crippen LogP contribution in [-0.2, 0) is 17.8 Å². The van der Waals surface area contributed by atoms with E-state index < -0.39 is 31.1 Å². The minimum Gasteiger partial charge on any atom is -0.367 e. The van der Waals surface area contributed by atoms with Crippen LogP contribution in [0, 0.1) is 0 Å². The zero-order valence-corrected chi connectivity index (χ0v) is 9.55. The lowest BCUT2D eigenvalue weighted by molar-refractivity contribution is -0.168. The van der Waals surface area contributed by atoms with Crippen molar-refractivity contribution >= 4 is 0 Å². The van der Waals surface area contributed by atoms with Crippen molar-refractivity contribution in [3.63, 3.8) is 0 Å². The third-order valence-corrected chi connectivity index (χ3v) is 2.06. The first-order valence-electron chi connectivity index (χ1n) is 5.18. The Morgan fingerprint density at radius 2 is 2.17 bits per heavy atom. The van der Waals surface area contributed by atoms with E-state index in [4.69, 9.17) is 0 Å². The van der Waals surface area contributed by atoms with Crippen LogP contribution in [0.5, 0.6) is 0 Å². The van der Waals surface area contributed by atoms with Gasteiger partial charge in [-0.2, -0.15) is 8.78 Å². The number of aryl methyl sites for hydroxylation is 1. The summed E-state index contributed by atoms with van der Waals surface area (Å²) in [4.78, 5) is 17.3. The standard InChI is InChI=1S/C10H12F4N2O2/c1-2-6-3-8(17)16-7(15-6)4-18-5-10(13,14)9(11)12/h3,9H,2,4-5H2,1H3,(H,15,16,17). The van der Waals surface area contributed by atoms with Crippen LogP contribution in [0.1, 0.15) is 18.4 Å². The number of alkyl halides is 4. The van der Waals surface area contributed by atoms with Gasteiger partial charge in [-0.1, -0.05) is 6.92 Å². The molecule has 1 rings (SSSR count). The van der Waals surface area contributed by atoms with Gasteiger partial charge in [0.25, 0.3) is 5.56 Å². The molecule has 0 amide bonds. The van der Waals surface area contributed by atoms with Crippen LogP contribution in [0.25, 0.3) is 0 Å². The topological polar surface area (TPSA) is 55.0 Å². The Labute approximate surface area is 100.0 Å². The molecular weight excluding hydrogens is 256 g/mol. The zero-order valence-electron chi connectivity index (χ0n) is 9.55. The van der Waals surface area contributed by atoms with Crippen LogP contribution < -0.4 is 5.56 Å². The molecule has 0 aliphatic heterocycles. The molecule has 0 aliphatic rings. The number of hydrogen-bond donors (Lipinski definition) is 1. The second kappa shape index (κ2) is 5.94. The summed E-state index contributed by atoms with van der Waals surface area (Å²) in [6.07, 6.45) is -3.30. The third kappa shape index (κ3) is 4.10. The van der Waals surface area contributed by atoms with Gasteiger partial charge in [-0.05, 0) is 6.42 Å². The van der Waals surface area contributed by atoms with Gasteiger partial charge in [0.05, 0.1) is 0 Å². The molecule has 1 heterocycles. The molecule has 0 atom stereocenters. The fourth-order valence-corrected chi connectivity index (χ4v) is 1.16. The summed E-state index contributed by atoms with van der Waals surface area (Å²) in [6, 6.07) is 1.26. The number of ether oxygens (including phenoxy) is 1. The van der Waals surface area contributed by atoms with Crippen molar-refractivity contribution in [3.8, 4) is 0 Å². The Bertz CT molecular complexity index is 448. The van der Waals surface area contributed by atoms with Gasteiger partial charge in [0.15, 0.2) is 0 Å². The van der Waals surface area contributed by atoms with Crippen molar-refractivity contribution in [1.29, 1.82) is 0 Å². The van der Waals surface area contributed by atoms with E-state index in [0.29, 0.717) is 12.1 Å². The predicted molar refractivity (Wildman–Crippen MR) is 54.8 cm³/mol. The Kier molecular flexibility index (Phi) is 4.83. The van der Waals surface area contributed by atoms with Gasteiger partial charge >= 0.3 is 12.3 Å².